The van der Waals surface area contributed by atoms with E-state index in [1.165, 1.54) is 0 Å². The molecule has 15 heavy (non-hydrogen) atoms. The molecule has 3 N–H and O–H groups in total. The van der Waals surface area contributed by atoms with Gasteiger partial charge in [-0.3, -0.25) is 4.79 Å². The van der Waals surface area contributed by atoms with E-state index in [-0.39, 0.29) is 11.9 Å². The maximum Gasteiger partial charge on any atom is 0.234 e. The lowest BCUT2D eigenvalue weighted by molar-refractivity contribution is -0.119. The van der Waals surface area contributed by atoms with Crippen molar-refractivity contribution in [3.05, 3.63) is 0 Å². The van der Waals surface area contributed by atoms with E-state index in [4.69, 9.17) is 5.73 Å². The van der Waals surface area contributed by atoms with Gasteiger partial charge in [-0.25, -0.2) is 0 Å². The predicted octanol–water partition coefficient (Wildman–Crippen LogP) is 0.323. The summed E-state index contributed by atoms with van der Waals surface area (Å²) in [5.41, 5.74) is 5.25. The Balaban J connectivity index is 2.22. The van der Waals surface area contributed by atoms with Gasteiger partial charge in [-0.2, -0.15) is 0 Å². The molecule has 0 aromatic heterocycles. The van der Waals surface area contributed by atoms with Crippen LogP contribution in [-0.2, 0) is 4.79 Å². The Morgan fingerprint density at radius 2 is 2.20 bits per heavy atom. The van der Waals surface area contributed by atoms with E-state index in [0.717, 1.165) is 25.8 Å². The van der Waals surface area contributed by atoms with Crippen LogP contribution in [0, 0.1) is 0 Å². The number of carbonyl (C=O) groups excluding carboxylic acids is 1. The molecule has 4 nitrogen and oxygen atoms in total. The Hall–Kier alpha value is -0.610. The van der Waals surface area contributed by atoms with Gasteiger partial charge in [-0.15, -0.1) is 0 Å². The highest BCUT2D eigenvalue weighted by molar-refractivity contribution is 5.80. The van der Waals surface area contributed by atoms with Crippen LogP contribution in [0.4, 0.5) is 0 Å². The van der Waals surface area contributed by atoms with Crippen LogP contribution in [0.5, 0.6) is 0 Å². The molecule has 0 aliphatic carbocycles. The van der Waals surface area contributed by atoms with Crippen LogP contribution in [0.2, 0.25) is 0 Å². The third kappa shape index (κ3) is 3.80. The zero-order valence-corrected chi connectivity index (χ0v) is 9.99. The third-order valence-electron chi connectivity index (χ3n) is 3.30. The Morgan fingerprint density at radius 3 is 2.67 bits per heavy atom. The van der Waals surface area contributed by atoms with Gasteiger partial charge < -0.3 is 16.0 Å². The molecule has 0 saturated carbocycles. The summed E-state index contributed by atoms with van der Waals surface area (Å²) >= 11 is 0. The number of primary amides is 1. The second kappa shape index (κ2) is 5.47. The molecule has 1 heterocycles. The number of nitrogens with two attached hydrogens (primary N) is 1. The van der Waals surface area contributed by atoms with Gasteiger partial charge in [0.2, 0.25) is 5.91 Å². The first-order valence-electron chi connectivity index (χ1n) is 5.76. The maximum atomic E-state index is 10.9. The molecular weight excluding hydrogens is 190 g/mol. The highest BCUT2D eigenvalue weighted by Crippen LogP contribution is 2.15. The summed E-state index contributed by atoms with van der Waals surface area (Å²) in [6.45, 7) is 5.45. The highest BCUT2D eigenvalue weighted by Gasteiger charge is 2.27. The molecule has 0 radical (unpaired) electrons. The number of carbonyl (C=O) groups is 1. The molecule has 0 aromatic carbocycles. The Labute approximate surface area is 92.2 Å². The van der Waals surface area contributed by atoms with E-state index in [0.29, 0.717) is 12.1 Å². The summed E-state index contributed by atoms with van der Waals surface area (Å²) in [5, 5.41) is 3.28. The van der Waals surface area contributed by atoms with Crippen LogP contribution >= 0.6 is 0 Å². The molecular formula is C11H23N3O. The van der Waals surface area contributed by atoms with Crippen molar-refractivity contribution in [3.8, 4) is 0 Å². The van der Waals surface area contributed by atoms with Gasteiger partial charge in [0.1, 0.15) is 0 Å². The van der Waals surface area contributed by atoms with E-state index in [1.807, 2.05) is 0 Å². The van der Waals surface area contributed by atoms with Gasteiger partial charge >= 0.3 is 0 Å². The molecule has 1 aliphatic rings. The van der Waals surface area contributed by atoms with Gasteiger partial charge in [0.25, 0.3) is 0 Å². The molecule has 1 saturated heterocycles. The molecule has 0 bridgehead atoms. The molecule has 1 aliphatic heterocycles. The molecule has 1 rings (SSSR count). The largest absolute Gasteiger partial charge is 0.368 e. The summed E-state index contributed by atoms with van der Waals surface area (Å²) in [6, 6.07) is 0.946. The first-order chi connectivity index (χ1) is 7.00. The van der Waals surface area contributed by atoms with Gasteiger partial charge in [-0.1, -0.05) is 0 Å². The molecule has 0 spiro atoms. The molecule has 88 valence electrons. The normalized spacial score (nSPS) is 26.5. The summed E-state index contributed by atoms with van der Waals surface area (Å²) in [4.78, 5) is 13.3. The smallest absolute Gasteiger partial charge is 0.234 e. The van der Waals surface area contributed by atoms with Crippen LogP contribution < -0.4 is 11.1 Å². The van der Waals surface area contributed by atoms with Gasteiger partial charge in [0, 0.05) is 12.1 Å². The molecule has 4 heteroatoms. The fourth-order valence-corrected chi connectivity index (χ4v) is 1.89. The van der Waals surface area contributed by atoms with E-state index < -0.39 is 0 Å². The van der Waals surface area contributed by atoms with Crippen molar-refractivity contribution < 1.29 is 4.79 Å². The van der Waals surface area contributed by atoms with E-state index in [9.17, 15) is 4.79 Å². The molecule has 2 unspecified atom stereocenters. The number of hydrogen-bond donors (Lipinski definition) is 2. The van der Waals surface area contributed by atoms with Crippen molar-refractivity contribution >= 4 is 5.91 Å². The predicted molar refractivity (Wildman–Crippen MR) is 61.5 cm³/mol. The number of hydrogen-bond acceptors (Lipinski definition) is 3. The topological polar surface area (TPSA) is 58.4 Å². The first-order valence-corrected chi connectivity index (χ1v) is 5.76. The fraction of sp³-hybridized carbons (Fsp3) is 0.909. The van der Waals surface area contributed by atoms with Gasteiger partial charge in [0.15, 0.2) is 0 Å². The zero-order valence-electron chi connectivity index (χ0n) is 9.99. The van der Waals surface area contributed by atoms with Crippen LogP contribution in [0.25, 0.3) is 0 Å². The number of nitrogens with zero attached hydrogens (tertiary/aromatic N) is 1. The summed E-state index contributed by atoms with van der Waals surface area (Å²) in [5.74, 6) is -0.213. The average Bonchev–Trinajstić information content (AvgIpc) is 2.62. The minimum Gasteiger partial charge on any atom is -0.368 e. The summed E-state index contributed by atoms with van der Waals surface area (Å²) in [6.07, 6.45) is 3.06. The van der Waals surface area contributed by atoms with Crippen LogP contribution in [0.3, 0.4) is 0 Å². The second-order valence-corrected chi connectivity index (χ2v) is 4.76. The number of rotatable bonds is 5. The first kappa shape index (κ1) is 12.5. The minimum absolute atomic E-state index is 0.0978. The van der Waals surface area contributed by atoms with Crippen molar-refractivity contribution in [1.29, 1.82) is 0 Å². The fourth-order valence-electron chi connectivity index (χ4n) is 1.89. The molecule has 1 amide bonds. The lowest BCUT2D eigenvalue weighted by Crippen LogP contribution is -2.41. The summed E-state index contributed by atoms with van der Waals surface area (Å²) < 4.78 is 0. The van der Waals surface area contributed by atoms with E-state index in [2.05, 4.69) is 31.1 Å². The van der Waals surface area contributed by atoms with Gasteiger partial charge in [0.05, 0.1) is 6.04 Å². The maximum absolute atomic E-state index is 10.9. The lowest BCUT2D eigenvalue weighted by atomic mass is 10.1. The minimum atomic E-state index is -0.213. The van der Waals surface area contributed by atoms with Crippen molar-refractivity contribution in [2.45, 2.75) is 51.2 Å². The monoisotopic (exact) mass is 213 g/mol. The van der Waals surface area contributed by atoms with Crippen LogP contribution in [0.15, 0.2) is 0 Å². The zero-order chi connectivity index (χ0) is 11.4. The Kier molecular flexibility index (Phi) is 4.54. The van der Waals surface area contributed by atoms with Crippen molar-refractivity contribution in [3.63, 3.8) is 0 Å². The second-order valence-electron chi connectivity index (χ2n) is 4.76. The average molecular weight is 213 g/mol. The summed E-state index contributed by atoms with van der Waals surface area (Å²) in [7, 11) is 2.13. The Morgan fingerprint density at radius 1 is 1.53 bits per heavy atom. The Bertz CT molecular complexity index is 218. The lowest BCUT2D eigenvalue weighted by Gasteiger charge is -2.22. The van der Waals surface area contributed by atoms with Gasteiger partial charge in [-0.05, 0) is 46.7 Å². The highest BCUT2D eigenvalue weighted by atomic mass is 16.1. The third-order valence-corrected chi connectivity index (χ3v) is 3.30. The molecule has 0 aromatic rings. The van der Waals surface area contributed by atoms with Crippen LogP contribution in [0.1, 0.15) is 33.1 Å². The van der Waals surface area contributed by atoms with E-state index >= 15 is 0 Å². The standard InChI is InChI=1S/C11H23N3O/c1-8(2)14(3)7-6-9-4-5-10(13-9)11(12)15/h8-10,13H,4-7H2,1-3H3,(H2,12,15). The SMILES string of the molecule is CC(C)N(C)CCC1CCC(C(N)=O)N1. The molecule has 1 fully saturated rings. The quantitative estimate of drug-likeness (QED) is 0.691. The number of nitrogens with one attached hydrogen (secondary N) is 1. The van der Waals surface area contributed by atoms with Crippen molar-refractivity contribution in [2.75, 3.05) is 13.6 Å². The molecule has 2 atom stereocenters. The van der Waals surface area contributed by atoms with Crippen molar-refractivity contribution in [1.82, 2.24) is 10.2 Å². The van der Waals surface area contributed by atoms with Crippen molar-refractivity contribution in [2.24, 2.45) is 5.73 Å². The number of amides is 1. The van der Waals surface area contributed by atoms with E-state index in [1.54, 1.807) is 0 Å². The van der Waals surface area contributed by atoms with Crippen LogP contribution in [-0.4, -0.2) is 42.5 Å².